The van der Waals surface area contributed by atoms with Crippen molar-refractivity contribution >= 4 is 27.4 Å². The van der Waals surface area contributed by atoms with Gasteiger partial charge in [0.2, 0.25) is 5.91 Å². The van der Waals surface area contributed by atoms with E-state index in [0.29, 0.717) is 24.3 Å². The molecule has 0 radical (unpaired) electrons. The lowest BCUT2D eigenvalue weighted by molar-refractivity contribution is -0.122. The number of furan rings is 1. The van der Waals surface area contributed by atoms with Crippen LogP contribution in [-0.4, -0.2) is 61.6 Å². The lowest BCUT2D eigenvalue weighted by Gasteiger charge is -2.20. The number of benzene rings is 1. The maximum Gasteiger partial charge on any atom is 0.290 e. The molecule has 1 aromatic carbocycles. The molecule has 160 valence electrons. The van der Waals surface area contributed by atoms with Crippen molar-refractivity contribution in [3.8, 4) is 11.3 Å². The number of ketones is 1. The van der Waals surface area contributed by atoms with Crippen LogP contribution >= 0.6 is 0 Å². The largest absolute Gasteiger partial charge is 0.451 e. The van der Waals surface area contributed by atoms with Crippen LogP contribution in [0.4, 0.5) is 0 Å². The maximum atomic E-state index is 12.8. The minimum Gasteiger partial charge on any atom is -0.451 e. The van der Waals surface area contributed by atoms with Crippen molar-refractivity contribution in [2.45, 2.75) is 26.3 Å². The highest BCUT2D eigenvalue weighted by molar-refractivity contribution is 7.91. The van der Waals surface area contributed by atoms with Gasteiger partial charge in [-0.2, -0.15) is 0 Å². The summed E-state index contributed by atoms with van der Waals surface area (Å²) in [5, 5.41) is 2.68. The standard InChI is InChI=1S/C21H24N2O6S/c1-3-23(12-20(25)22-17-10-11-30(27,28)13-17)21(26)19-9-8-18(29-19)16-6-4-15(5-7-16)14(2)24/h4-9,17H,3,10-13H2,1-2H3,(H,22,25). The fraction of sp³-hybridized carbons (Fsp3) is 0.381. The first kappa shape index (κ1) is 21.8. The Morgan fingerprint density at radius 3 is 2.40 bits per heavy atom. The number of hydrogen-bond donors (Lipinski definition) is 1. The molecule has 9 heteroatoms. The summed E-state index contributed by atoms with van der Waals surface area (Å²) >= 11 is 0. The lowest BCUT2D eigenvalue weighted by Crippen LogP contribution is -2.44. The number of nitrogens with one attached hydrogen (secondary N) is 1. The van der Waals surface area contributed by atoms with Crippen molar-refractivity contribution < 1.29 is 27.2 Å². The molecule has 2 amide bonds. The zero-order valence-corrected chi connectivity index (χ0v) is 17.7. The highest BCUT2D eigenvalue weighted by Crippen LogP contribution is 2.23. The van der Waals surface area contributed by atoms with E-state index in [1.807, 2.05) is 0 Å². The molecule has 1 aromatic heterocycles. The van der Waals surface area contributed by atoms with E-state index < -0.39 is 27.7 Å². The van der Waals surface area contributed by atoms with Gasteiger partial charge in [0.15, 0.2) is 21.4 Å². The van der Waals surface area contributed by atoms with Crippen molar-refractivity contribution in [1.82, 2.24) is 10.2 Å². The Balaban J connectivity index is 1.64. The van der Waals surface area contributed by atoms with Crippen LogP contribution in [0.25, 0.3) is 11.3 Å². The summed E-state index contributed by atoms with van der Waals surface area (Å²) < 4.78 is 28.7. The van der Waals surface area contributed by atoms with E-state index in [1.54, 1.807) is 43.3 Å². The summed E-state index contributed by atoms with van der Waals surface area (Å²) in [6.45, 7) is 3.34. The van der Waals surface area contributed by atoms with Crippen LogP contribution in [0.3, 0.4) is 0 Å². The molecule has 1 saturated heterocycles. The Labute approximate surface area is 175 Å². The van der Waals surface area contributed by atoms with Crippen molar-refractivity contribution in [2.75, 3.05) is 24.6 Å². The third kappa shape index (κ3) is 5.15. The highest BCUT2D eigenvalue weighted by atomic mass is 32.2. The number of rotatable bonds is 7. The number of sulfone groups is 1. The first-order chi connectivity index (χ1) is 14.2. The zero-order valence-electron chi connectivity index (χ0n) is 16.9. The third-order valence-electron chi connectivity index (χ3n) is 4.99. The summed E-state index contributed by atoms with van der Waals surface area (Å²) in [4.78, 5) is 37.7. The van der Waals surface area contributed by atoms with Gasteiger partial charge in [-0.25, -0.2) is 8.42 Å². The molecule has 0 bridgehead atoms. The summed E-state index contributed by atoms with van der Waals surface area (Å²) in [6, 6.07) is 9.65. The molecule has 2 aromatic rings. The van der Waals surface area contributed by atoms with Crippen molar-refractivity contribution in [3.63, 3.8) is 0 Å². The topological polar surface area (TPSA) is 114 Å². The summed E-state index contributed by atoms with van der Waals surface area (Å²) in [7, 11) is -3.09. The van der Waals surface area contributed by atoms with Gasteiger partial charge in [-0.1, -0.05) is 24.3 Å². The van der Waals surface area contributed by atoms with Crippen LogP contribution in [0.1, 0.15) is 41.2 Å². The maximum absolute atomic E-state index is 12.8. The zero-order chi connectivity index (χ0) is 21.9. The highest BCUT2D eigenvalue weighted by Gasteiger charge is 2.30. The smallest absolute Gasteiger partial charge is 0.290 e. The van der Waals surface area contributed by atoms with Crippen molar-refractivity contribution in [1.29, 1.82) is 0 Å². The van der Waals surface area contributed by atoms with E-state index in [-0.39, 0.29) is 29.6 Å². The SMILES string of the molecule is CCN(CC(=O)NC1CCS(=O)(=O)C1)C(=O)c1ccc(-c2ccc(C(C)=O)cc2)o1. The number of amides is 2. The van der Waals surface area contributed by atoms with E-state index in [4.69, 9.17) is 4.42 Å². The van der Waals surface area contributed by atoms with Crippen LogP contribution in [0.15, 0.2) is 40.8 Å². The van der Waals surface area contributed by atoms with Gasteiger partial charge in [0.1, 0.15) is 5.76 Å². The average Bonchev–Trinajstić information content (AvgIpc) is 3.32. The Bertz CT molecular complexity index is 1060. The first-order valence-electron chi connectivity index (χ1n) is 9.69. The molecule has 1 N–H and O–H groups in total. The molecule has 1 fully saturated rings. The van der Waals surface area contributed by atoms with Crippen LogP contribution in [0.5, 0.6) is 0 Å². The molecule has 1 aliphatic rings. The number of likely N-dealkylation sites (N-methyl/N-ethyl adjacent to an activating group) is 1. The van der Waals surface area contributed by atoms with E-state index in [9.17, 15) is 22.8 Å². The number of hydrogen-bond acceptors (Lipinski definition) is 6. The number of carbonyl (C=O) groups excluding carboxylic acids is 3. The normalized spacial score (nSPS) is 17.5. The van der Waals surface area contributed by atoms with Gasteiger partial charge in [-0.15, -0.1) is 0 Å². The molecule has 0 spiro atoms. The summed E-state index contributed by atoms with van der Waals surface area (Å²) in [6.07, 6.45) is 0.387. The molecule has 1 atom stereocenters. The van der Waals surface area contributed by atoms with E-state index in [1.165, 1.54) is 11.8 Å². The average molecular weight is 432 g/mol. The molecule has 30 heavy (non-hydrogen) atoms. The number of Topliss-reactive ketones (excluding diaryl/α,β-unsaturated/α-hetero) is 1. The predicted molar refractivity (Wildman–Crippen MR) is 111 cm³/mol. The number of nitrogens with zero attached hydrogens (tertiary/aromatic N) is 1. The van der Waals surface area contributed by atoms with Gasteiger partial charge in [-0.05, 0) is 32.4 Å². The molecular formula is C21H24N2O6S. The molecule has 0 saturated carbocycles. The molecule has 3 rings (SSSR count). The molecular weight excluding hydrogens is 408 g/mol. The van der Waals surface area contributed by atoms with E-state index in [0.717, 1.165) is 5.56 Å². The molecule has 1 aliphatic heterocycles. The predicted octanol–water partition coefficient (Wildman–Crippen LogP) is 1.91. The molecule has 2 heterocycles. The van der Waals surface area contributed by atoms with Crippen molar-refractivity contribution in [3.05, 3.63) is 47.7 Å². The minimum absolute atomic E-state index is 0.0380. The van der Waals surface area contributed by atoms with Gasteiger partial charge >= 0.3 is 0 Å². The molecule has 8 nitrogen and oxygen atoms in total. The van der Waals surface area contributed by atoms with Gasteiger partial charge in [-0.3, -0.25) is 14.4 Å². The molecule has 0 aliphatic carbocycles. The van der Waals surface area contributed by atoms with Gasteiger partial charge in [0, 0.05) is 23.7 Å². The Kier molecular flexibility index (Phi) is 6.40. The third-order valence-corrected chi connectivity index (χ3v) is 6.76. The fourth-order valence-corrected chi connectivity index (χ4v) is 4.99. The van der Waals surface area contributed by atoms with Gasteiger partial charge in [0.05, 0.1) is 18.1 Å². The van der Waals surface area contributed by atoms with Gasteiger partial charge < -0.3 is 14.6 Å². The fourth-order valence-electron chi connectivity index (χ4n) is 3.32. The Morgan fingerprint density at radius 1 is 1.13 bits per heavy atom. The molecule has 1 unspecified atom stereocenters. The van der Waals surface area contributed by atoms with E-state index >= 15 is 0 Å². The van der Waals surface area contributed by atoms with E-state index in [2.05, 4.69) is 5.32 Å². The first-order valence-corrected chi connectivity index (χ1v) is 11.5. The quantitative estimate of drug-likeness (QED) is 0.669. The second-order valence-electron chi connectivity index (χ2n) is 7.28. The van der Waals surface area contributed by atoms with Crippen molar-refractivity contribution in [2.24, 2.45) is 0 Å². The van der Waals surface area contributed by atoms with Crippen LogP contribution < -0.4 is 5.32 Å². The second-order valence-corrected chi connectivity index (χ2v) is 9.51. The monoisotopic (exact) mass is 432 g/mol. The second kappa shape index (κ2) is 8.83. The minimum atomic E-state index is -3.09. The Morgan fingerprint density at radius 2 is 1.83 bits per heavy atom. The van der Waals surface area contributed by atoms with Gasteiger partial charge in [0.25, 0.3) is 5.91 Å². The summed E-state index contributed by atoms with van der Waals surface area (Å²) in [5.74, 6) is -0.301. The van der Waals surface area contributed by atoms with Crippen LogP contribution in [0.2, 0.25) is 0 Å². The summed E-state index contributed by atoms with van der Waals surface area (Å²) in [5.41, 5.74) is 1.31. The van der Waals surface area contributed by atoms with Crippen LogP contribution in [0, 0.1) is 0 Å². The lowest BCUT2D eigenvalue weighted by atomic mass is 10.1. The Hall–Kier alpha value is -2.94. The number of carbonyl (C=O) groups is 3. The van der Waals surface area contributed by atoms with Crippen LogP contribution in [-0.2, 0) is 14.6 Å².